The first-order valence-corrected chi connectivity index (χ1v) is 10.5. The third-order valence-electron chi connectivity index (χ3n) is 6.21. The van der Waals surface area contributed by atoms with E-state index in [-0.39, 0.29) is 0 Å². The van der Waals surface area contributed by atoms with Crippen LogP contribution in [0.2, 0.25) is 0 Å². The Morgan fingerprint density at radius 1 is 0.880 bits per heavy atom. The number of nitrogens with zero attached hydrogens (tertiary/aromatic N) is 4. The predicted molar refractivity (Wildman–Crippen MR) is 103 cm³/mol. The van der Waals surface area contributed by atoms with Crippen molar-refractivity contribution in [3.8, 4) is 0 Å². The Morgan fingerprint density at radius 2 is 1.64 bits per heavy atom. The molecule has 1 aliphatic carbocycles. The smallest absolute Gasteiger partial charge is 0.224 e. The van der Waals surface area contributed by atoms with Gasteiger partial charge in [0.05, 0.1) is 0 Å². The van der Waals surface area contributed by atoms with Crippen LogP contribution in [-0.4, -0.2) is 53.1 Å². The van der Waals surface area contributed by atoms with Crippen LogP contribution < -0.4 is 10.2 Å². The van der Waals surface area contributed by atoms with Gasteiger partial charge in [-0.3, -0.25) is 4.90 Å². The van der Waals surface area contributed by atoms with Gasteiger partial charge in [0.2, 0.25) is 5.95 Å². The topological polar surface area (TPSA) is 44.3 Å². The molecule has 0 unspecified atom stereocenters. The quantitative estimate of drug-likeness (QED) is 0.903. The summed E-state index contributed by atoms with van der Waals surface area (Å²) in [4.78, 5) is 14.5. The molecule has 1 atom stereocenters. The van der Waals surface area contributed by atoms with Crippen molar-refractivity contribution in [3.63, 3.8) is 0 Å². The second-order valence-corrected chi connectivity index (χ2v) is 8.06. The lowest BCUT2D eigenvalue weighted by Gasteiger charge is -2.31. The molecule has 1 N–H and O–H groups in total. The highest BCUT2D eigenvalue weighted by Crippen LogP contribution is 2.26. The minimum atomic E-state index is 0.501. The van der Waals surface area contributed by atoms with Gasteiger partial charge >= 0.3 is 0 Å². The summed E-state index contributed by atoms with van der Waals surface area (Å²) in [7, 11) is 0. The summed E-state index contributed by atoms with van der Waals surface area (Å²) in [5.41, 5.74) is 0. The highest BCUT2D eigenvalue weighted by atomic mass is 15.3. The number of hydrogen-bond acceptors (Lipinski definition) is 5. The zero-order valence-corrected chi connectivity index (χ0v) is 15.5. The molecule has 0 spiro atoms. The van der Waals surface area contributed by atoms with Gasteiger partial charge in [0, 0.05) is 44.5 Å². The van der Waals surface area contributed by atoms with Crippen LogP contribution in [0, 0.1) is 0 Å². The maximum atomic E-state index is 4.82. The van der Waals surface area contributed by atoms with Crippen LogP contribution in [-0.2, 0) is 0 Å². The summed E-state index contributed by atoms with van der Waals surface area (Å²) >= 11 is 0. The Balaban J connectivity index is 1.34. The van der Waals surface area contributed by atoms with E-state index in [1.54, 1.807) is 0 Å². The molecule has 1 aromatic heterocycles. The largest absolute Gasteiger partial charge is 0.356 e. The van der Waals surface area contributed by atoms with E-state index in [9.17, 15) is 0 Å². The lowest BCUT2D eigenvalue weighted by molar-refractivity contribution is 0.190. The van der Waals surface area contributed by atoms with Crippen molar-refractivity contribution in [2.45, 2.75) is 76.3 Å². The van der Waals surface area contributed by atoms with Gasteiger partial charge in [-0.05, 0) is 38.2 Å². The molecular formula is C20H33N5. The lowest BCUT2D eigenvalue weighted by atomic mass is 9.94. The second kappa shape index (κ2) is 8.35. The van der Waals surface area contributed by atoms with E-state index >= 15 is 0 Å². The summed E-state index contributed by atoms with van der Waals surface area (Å²) in [6.45, 7) is 4.65. The highest BCUT2D eigenvalue weighted by Gasteiger charge is 2.29. The molecule has 3 heterocycles. The van der Waals surface area contributed by atoms with E-state index in [1.807, 2.05) is 6.20 Å². The first kappa shape index (κ1) is 17.1. The van der Waals surface area contributed by atoms with Crippen molar-refractivity contribution in [1.82, 2.24) is 14.9 Å². The van der Waals surface area contributed by atoms with Gasteiger partial charge in [-0.2, -0.15) is 4.98 Å². The molecule has 2 saturated heterocycles. The van der Waals surface area contributed by atoms with Gasteiger partial charge in [-0.25, -0.2) is 4.98 Å². The average molecular weight is 344 g/mol. The maximum absolute atomic E-state index is 4.82. The fourth-order valence-electron chi connectivity index (χ4n) is 4.76. The van der Waals surface area contributed by atoms with Crippen LogP contribution in [0.1, 0.15) is 64.2 Å². The molecule has 5 heteroatoms. The van der Waals surface area contributed by atoms with Crippen molar-refractivity contribution in [1.29, 1.82) is 0 Å². The predicted octanol–water partition coefficient (Wildman–Crippen LogP) is 3.68. The van der Waals surface area contributed by atoms with Crippen LogP contribution in [0.4, 0.5) is 11.8 Å². The van der Waals surface area contributed by atoms with Crippen LogP contribution in [0.15, 0.2) is 12.3 Å². The van der Waals surface area contributed by atoms with Gasteiger partial charge < -0.3 is 10.2 Å². The lowest BCUT2D eigenvalue weighted by Crippen LogP contribution is -2.36. The number of likely N-dealkylation sites (tertiary alicyclic amines) is 1. The van der Waals surface area contributed by atoms with E-state index in [2.05, 4.69) is 26.2 Å². The van der Waals surface area contributed by atoms with Crippen LogP contribution in [0.3, 0.4) is 0 Å². The van der Waals surface area contributed by atoms with Crippen molar-refractivity contribution >= 4 is 11.8 Å². The molecular weight excluding hydrogens is 310 g/mol. The molecule has 1 aromatic rings. The number of nitrogens with one attached hydrogen (secondary N) is 1. The average Bonchev–Trinajstić information content (AvgIpc) is 2.95. The Hall–Kier alpha value is -1.36. The molecule has 3 aliphatic rings. The van der Waals surface area contributed by atoms with E-state index in [4.69, 9.17) is 4.98 Å². The van der Waals surface area contributed by atoms with E-state index in [1.165, 1.54) is 70.8 Å². The summed E-state index contributed by atoms with van der Waals surface area (Å²) in [5.74, 6) is 1.92. The van der Waals surface area contributed by atoms with E-state index < -0.39 is 0 Å². The molecule has 0 radical (unpaired) electrons. The fourth-order valence-corrected chi connectivity index (χ4v) is 4.76. The fraction of sp³-hybridized carbons (Fsp3) is 0.800. The van der Waals surface area contributed by atoms with Crippen molar-refractivity contribution in [2.75, 3.05) is 36.4 Å². The standard InChI is InChI=1S/C20H33N5/c1-2-7-14-24(13-6-1)19-10-12-21-20(23-19)22-17-11-15-25(16-17)18-8-4-3-5-9-18/h10,12,17-18H,1-9,11,13-16H2,(H,21,22,23)/t17-/m0/s1. The minimum Gasteiger partial charge on any atom is -0.356 e. The number of hydrogen-bond donors (Lipinski definition) is 1. The molecule has 138 valence electrons. The number of anilines is 2. The molecule has 4 rings (SSSR count). The van der Waals surface area contributed by atoms with E-state index in [0.29, 0.717) is 6.04 Å². The molecule has 0 amide bonds. The zero-order chi connectivity index (χ0) is 16.9. The molecule has 0 bridgehead atoms. The van der Waals surface area contributed by atoms with Crippen molar-refractivity contribution in [3.05, 3.63) is 12.3 Å². The summed E-state index contributed by atoms with van der Waals surface area (Å²) in [6.07, 6.45) is 15.5. The summed E-state index contributed by atoms with van der Waals surface area (Å²) in [6, 6.07) is 3.39. The Labute approximate surface area is 152 Å². The van der Waals surface area contributed by atoms with E-state index in [0.717, 1.165) is 37.4 Å². The first-order valence-electron chi connectivity index (χ1n) is 10.5. The van der Waals surface area contributed by atoms with Gasteiger partial charge in [0.1, 0.15) is 5.82 Å². The Morgan fingerprint density at radius 3 is 2.44 bits per heavy atom. The molecule has 2 aliphatic heterocycles. The molecule has 25 heavy (non-hydrogen) atoms. The van der Waals surface area contributed by atoms with Crippen molar-refractivity contribution < 1.29 is 0 Å². The highest BCUT2D eigenvalue weighted by molar-refractivity contribution is 5.43. The molecule has 5 nitrogen and oxygen atoms in total. The second-order valence-electron chi connectivity index (χ2n) is 8.06. The summed E-state index contributed by atoms with van der Waals surface area (Å²) in [5, 5.41) is 3.61. The molecule has 3 fully saturated rings. The normalized spacial score (nSPS) is 26.6. The van der Waals surface area contributed by atoms with Gasteiger partial charge in [-0.15, -0.1) is 0 Å². The Kier molecular flexibility index (Phi) is 5.70. The number of rotatable bonds is 4. The monoisotopic (exact) mass is 343 g/mol. The SMILES string of the molecule is c1cc(N2CCCCCC2)nc(N[C@H]2CCN(C3CCCCC3)C2)n1. The third-order valence-corrected chi connectivity index (χ3v) is 6.21. The van der Waals surface area contributed by atoms with Gasteiger partial charge in [0.25, 0.3) is 0 Å². The summed E-state index contributed by atoms with van der Waals surface area (Å²) < 4.78 is 0. The molecule has 0 aromatic carbocycles. The maximum Gasteiger partial charge on any atom is 0.224 e. The van der Waals surface area contributed by atoms with Crippen LogP contribution >= 0.6 is 0 Å². The van der Waals surface area contributed by atoms with Crippen LogP contribution in [0.5, 0.6) is 0 Å². The van der Waals surface area contributed by atoms with Crippen LogP contribution in [0.25, 0.3) is 0 Å². The van der Waals surface area contributed by atoms with Crippen molar-refractivity contribution in [2.24, 2.45) is 0 Å². The van der Waals surface area contributed by atoms with Gasteiger partial charge in [-0.1, -0.05) is 32.1 Å². The van der Waals surface area contributed by atoms with Gasteiger partial charge in [0.15, 0.2) is 0 Å². The third kappa shape index (κ3) is 4.43. The first-order chi connectivity index (χ1) is 12.4. The minimum absolute atomic E-state index is 0.501. The Bertz CT molecular complexity index is 535. The molecule has 1 saturated carbocycles. The number of aromatic nitrogens is 2. The zero-order valence-electron chi connectivity index (χ0n) is 15.5.